The number of phenolic OH excluding ortho intramolecular Hbond substituents is 1. The summed E-state index contributed by atoms with van der Waals surface area (Å²) < 4.78 is 4.50. The van der Waals surface area contributed by atoms with Gasteiger partial charge in [-0.1, -0.05) is 17.6 Å². The van der Waals surface area contributed by atoms with Crippen LogP contribution in [0.5, 0.6) is 5.75 Å². The Morgan fingerprint density at radius 1 is 1.62 bits per heavy atom. The molecule has 1 N–H and O–H groups in total. The molecule has 4 heteroatoms. The van der Waals surface area contributed by atoms with Crippen LogP contribution in [0.3, 0.4) is 0 Å². The largest absolute Gasteiger partial charge is 0.508 e. The number of benzene rings is 1. The summed E-state index contributed by atoms with van der Waals surface area (Å²) in [6.07, 6.45) is 0.115. The molecule has 0 aliphatic carbocycles. The fourth-order valence-corrected chi connectivity index (χ4v) is 1.08. The highest BCUT2D eigenvalue weighted by Gasteiger charge is 2.06. The van der Waals surface area contributed by atoms with E-state index in [-0.39, 0.29) is 18.1 Å². The predicted octanol–water partition coefficient (Wildman–Crippen LogP) is -0.634. The Kier molecular flexibility index (Phi) is 2.95. The molecule has 0 aliphatic heterocycles. The van der Waals surface area contributed by atoms with Crippen LogP contribution in [0.25, 0.3) is 0 Å². The summed E-state index contributed by atoms with van der Waals surface area (Å²) in [4.78, 5) is 10.9. The zero-order chi connectivity index (χ0) is 9.84. The van der Waals surface area contributed by atoms with Gasteiger partial charge in [-0.15, -0.1) is 0 Å². The molecule has 1 rings (SSSR count). The van der Waals surface area contributed by atoms with E-state index in [2.05, 4.69) is 4.74 Å². The lowest BCUT2D eigenvalue weighted by atomic mass is 9.93. The number of carbonyl (C=O) groups is 1. The summed E-state index contributed by atoms with van der Waals surface area (Å²) in [6.45, 7) is 0. The van der Waals surface area contributed by atoms with E-state index >= 15 is 0 Å². The Morgan fingerprint density at radius 2 is 2.31 bits per heavy atom. The lowest BCUT2D eigenvalue weighted by molar-refractivity contribution is -0.139. The number of ether oxygens (including phenoxy) is 1. The van der Waals surface area contributed by atoms with Crippen molar-refractivity contribution >= 4 is 19.3 Å². The highest BCUT2D eigenvalue weighted by Crippen LogP contribution is 2.14. The minimum atomic E-state index is -0.346. The first-order valence-corrected chi connectivity index (χ1v) is 3.99. The molecule has 0 spiro atoms. The van der Waals surface area contributed by atoms with E-state index in [1.807, 2.05) is 7.85 Å². The number of methoxy groups -OCH3 is 1. The Labute approximate surface area is 77.7 Å². The van der Waals surface area contributed by atoms with Gasteiger partial charge in [0.1, 0.15) is 13.6 Å². The first kappa shape index (κ1) is 9.64. The molecule has 1 aromatic rings. The zero-order valence-electron chi connectivity index (χ0n) is 7.70. The number of aromatic hydroxyl groups is 1. The first-order chi connectivity index (χ1) is 6.13. The van der Waals surface area contributed by atoms with Gasteiger partial charge in [0.05, 0.1) is 13.5 Å². The Balaban J connectivity index is 2.87. The normalized spacial score (nSPS) is 9.62. The highest BCUT2D eigenvalue weighted by molar-refractivity contribution is 6.32. The third-order valence-electron chi connectivity index (χ3n) is 1.80. The second-order valence-electron chi connectivity index (χ2n) is 2.89. The van der Waals surface area contributed by atoms with Crippen LogP contribution >= 0.6 is 0 Å². The van der Waals surface area contributed by atoms with E-state index in [1.165, 1.54) is 7.11 Å². The minimum Gasteiger partial charge on any atom is -0.508 e. The van der Waals surface area contributed by atoms with Gasteiger partial charge in [0, 0.05) is 5.56 Å². The molecule has 68 valence electrons. The average Bonchev–Trinajstić information content (AvgIpc) is 2.11. The molecule has 0 atom stereocenters. The maximum absolute atomic E-state index is 10.9. The third kappa shape index (κ3) is 2.51. The van der Waals surface area contributed by atoms with Crippen molar-refractivity contribution in [1.82, 2.24) is 0 Å². The fraction of sp³-hybridized carbons (Fsp3) is 0.222. The molecule has 0 aromatic heterocycles. The van der Waals surface area contributed by atoms with E-state index in [0.717, 1.165) is 5.46 Å². The molecule has 0 heterocycles. The van der Waals surface area contributed by atoms with Crippen molar-refractivity contribution in [3.63, 3.8) is 0 Å². The standard InChI is InChI=1S/C9H11BO3/c1-13-9(12)5-6-4-7(10)2-3-8(6)11/h2-4,11H,5,10H2,1H3. The van der Waals surface area contributed by atoms with Gasteiger partial charge in [-0.3, -0.25) is 4.79 Å². The maximum atomic E-state index is 10.9. The van der Waals surface area contributed by atoms with Gasteiger partial charge in [0.2, 0.25) is 0 Å². The highest BCUT2D eigenvalue weighted by atomic mass is 16.5. The van der Waals surface area contributed by atoms with Crippen molar-refractivity contribution < 1.29 is 14.6 Å². The van der Waals surface area contributed by atoms with Gasteiger partial charge in [-0.2, -0.15) is 0 Å². The van der Waals surface area contributed by atoms with Gasteiger partial charge >= 0.3 is 5.97 Å². The van der Waals surface area contributed by atoms with Crippen molar-refractivity contribution in [3.8, 4) is 5.75 Å². The molecular formula is C9H11BO3. The molecule has 0 saturated carbocycles. The number of rotatable bonds is 2. The van der Waals surface area contributed by atoms with Crippen molar-refractivity contribution in [3.05, 3.63) is 23.8 Å². The van der Waals surface area contributed by atoms with Gasteiger partial charge in [-0.25, -0.2) is 0 Å². The Hall–Kier alpha value is -1.45. The van der Waals surface area contributed by atoms with Crippen LogP contribution in [-0.2, 0) is 16.0 Å². The van der Waals surface area contributed by atoms with Gasteiger partial charge in [0.15, 0.2) is 0 Å². The van der Waals surface area contributed by atoms with Crippen LogP contribution in [0.2, 0.25) is 0 Å². The summed E-state index contributed by atoms with van der Waals surface area (Å²) in [5.74, 6) is -0.211. The SMILES string of the molecule is Bc1ccc(O)c(CC(=O)OC)c1. The second kappa shape index (κ2) is 3.98. The van der Waals surface area contributed by atoms with E-state index in [0.29, 0.717) is 5.56 Å². The number of hydrogen-bond donors (Lipinski definition) is 1. The summed E-state index contributed by atoms with van der Waals surface area (Å²) in [5, 5.41) is 9.37. The van der Waals surface area contributed by atoms with Crippen LogP contribution in [0.1, 0.15) is 5.56 Å². The van der Waals surface area contributed by atoms with Crippen LogP contribution in [-0.4, -0.2) is 26.0 Å². The smallest absolute Gasteiger partial charge is 0.310 e. The predicted molar refractivity (Wildman–Crippen MR) is 52.0 cm³/mol. The molecule has 0 radical (unpaired) electrons. The molecule has 0 unspecified atom stereocenters. The third-order valence-corrected chi connectivity index (χ3v) is 1.80. The molecular weight excluding hydrogens is 167 g/mol. The van der Waals surface area contributed by atoms with Crippen molar-refractivity contribution in [2.24, 2.45) is 0 Å². The summed E-state index contributed by atoms with van der Waals surface area (Å²) >= 11 is 0. The lowest BCUT2D eigenvalue weighted by Crippen LogP contribution is -2.08. The summed E-state index contributed by atoms with van der Waals surface area (Å²) in [7, 11) is 3.23. The van der Waals surface area contributed by atoms with Crippen LogP contribution < -0.4 is 5.46 Å². The molecule has 3 nitrogen and oxygen atoms in total. The Morgan fingerprint density at radius 3 is 2.92 bits per heavy atom. The number of carbonyl (C=O) groups excluding carboxylic acids is 1. The quantitative estimate of drug-likeness (QED) is 0.484. The van der Waals surface area contributed by atoms with Crippen molar-refractivity contribution in [1.29, 1.82) is 0 Å². The van der Waals surface area contributed by atoms with E-state index in [1.54, 1.807) is 18.2 Å². The van der Waals surface area contributed by atoms with Crippen LogP contribution in [0.15, 0.2) is 18.2 Å². The fourth-order valence-electron chi connectivity index (χ4n) is 1.08. The maximum Gasteiger partial charge on any atom is 0.310 e. The molecule has 1 aromatic carbocycles. The van der Waals surface area contributed by atoms with Crippen molar-refractivity contribution in [2.75, 3.05) is 7.11 Å². The van der Waals surface area contributed by atoms with Gasteiger partial charge in [0.25, 0.3) is 0 Å². The van der Waals surface area contributed by atoms with Crippen molar-refractivity contribution in [2.45, 2.75) is 6.42 Å². The number of phenols is 1. The monoisotopic (exact) mass is 178 g/mol. The van der Waals surface area contributed by atoms with Gasteiger partial charge in [-0.05, 0) is 6.07 Å². The van der Waals surface area contributed by atoms with E-state index in [4.69, 9.17) is 0 Å². The molecule has 0 fully saturated rings. The number of hydrogen-bond acceptors (Lipinski definition) is 3. The molecule has 0 saturated heterocycles. The lowest BCUT2D eigenvalue weighted by Gasteiger charge is -2.03. The summed E-state index contributed by atoms with van der Waals surface area (Å²) in [5.41, 5.74) is 1.61. The second-order valence-corrected chi connectivity index (χ2v) is 2.89. The number of esters is 1. The Bertz CT molecular complexity index is 323. The molecule has 0 aliphatic rings. The van der Waals surface area contributed by atoms with E-state index in [9.17, 15) is 9.90 Å². The van der Waals surface area contributed by atoms with E-state index < -0.39 is 0 Å². The molecule has 0 bridgehead atoms. The van der Waals surface area contributed by atoms with Crippen LogP contribution in [0, 0.1) is 0 Å². The van der Waals surface area contributed by atoms with Gasteiger partial charge < -0.3 is 9.84 Å². The molecule has 0 amide bonds. The topological polar surface area (TPSA) is 46.5 Å². The zero-order valence-corrected chi connectivity index (χ0v) is 7.70. The average molecular weight is 178 g/mol. The first-order valence-electron chi connectivity index (χ1n) is 3.99. The summed E-state index contributed by atoms with van der Waals surface area (Å²) in [6, 6.07) is 5.13. The molecule has 13 heavy (non-hydrogen) atoms. The van der Waals surface area contributed by atoms with Crippen LogP contribution in [0.4, 0.5) is 0 Å². The minimum absolute atomic E-state index is 0.115.